The molecule has 0 N–H and O–H groups in total. The maximum Gasteiger partial charge on any atom is 0.415 e. The number of carbonyl (C=O) groups excluding carboxylic acids is 1. The summed E-state index contributed by atoms with van der Waals surface area (Å²) in [5.74, 6) is 0.501. The molecule has 1 amide bonds. The van der Waals surface area contributed by atoms with E-state index in [1.54, 1.807) is 17.0 Å². The van der Waals surface area contributed by atoms with Gasteiger partial charge in [-0.1, -0.05) is 60.7 Å². The van der Waals surface area contributed by atoms with Gasteiger partial charge in [0.05, 0.1) is 24.6 Å². The number of rotatable bonds is 4. The molecule has 5 heteroatoms. The fourth-order valence-corrected chi connectivity index (χ4v) is 3.12. The second-order valence-corrected chi connectivity index (χ2v) is 6.65. The summed E-state index contributed by atoms with van der Waals surface area (Å²) in [5, 5.41) is 0. The third-order valence-corrected chi connectivity index (χ3v) is 4.65. The molecule has 1 aliphatic rings. The minimum Gasteiger partial charge on any atom is -0.410 e. The summed E-state index contributed by atoms with van der Waals surface area (Å²) >= 11 is 0. The summed E-state index contributed by atoms with van der Waals surface area (Å²) in [7, 11) is 0. The van der Waals surface area contributed by atoms with Crippen LogP contribution in [0.2, 0.25) is 0 Å². The van der Waals surface area contributed by atoms with Crippen LogP contribution in [-0.2, 0) is 4.74 Å². The number of morpholine rings is 1. The maximum absolute atomic E-state index is 12.2. The zero-order valence-electron chi connectivity index (χ0n) is 16.0. The van der Waals surface area contributed by atoms with Crippen LogP contribution in [-0.4, -0.2) is 43.0 Å². The molecule has 0 aliphatic carbocycles. The number of nitrogens with zero attached hydrogens (tertiary/aromatic N) is 2. The summed E-state index contributed by atoms with van der Waals surface area (Å²) in [6.45, 7) is 2.20. The Hall–Kier alpha value is -3.44. The Kier molecular flexibility index (Phi) is 5.98. The average molecular weight is 386 g/mol. The Balaban J connectivity index is 1.55. The van der Waals surface area contributed by atoms with Gasteiger partial charge in [-0.05, 0) is 24.3 Å². The average Bonchev–Trinajstić information content (AvgIpc) is 2.80. The molecule has 29 heavy (non-hydrogen) atoms. The van der Waals surface area contributed by atoms with Crippen LogP contribution in [0.15, 0.2) is 89.9 Å². The largest absolute Gasteiger partial charge is 0.415 e. The number of carbonyl (C=O) groups is 1. The summed E-state index contributed by atoms with van der Waals surface area (Å²) < 4.78 is 10.7. The first kappa shape index (κ1) is 18.9. The first-order valence-electron chi connectivity index (χ1n) is 9.64. The van der Waals surface area contributed by atoms with Gasteiger partial charge in [0.2, 0.25) is 0 Å². The molecule has 0 unspecified atom stereocenters. The number of hydrogen-bond donors (Lipinski definition) is 0. The summed E-state index contributed by atoms with van der Waals surface area (Å²) in [6, 6.07) is 27.4. The molecule has 1 heterocycles. The predicted molar refractivity (Wildman–Crippen MR) is 113 cm³/mol. The lowest BCUT2D eigenvalue weighted by Gasteiger charge is -2.25. The molecule has 0 radical (unpaired) electrons. The van der Waals surface area contributed by atoms with Gasteiger partial charge in [0, 0.05) is 24.2 Å². The van der Waals surface area contributed by atoms with Gasteiger partial charge < -0.3 is 14.4 Å². The molecule has 0 aromatic heterocycles. The fraction of sp³-hybridized carbons (Fsp3) is 0.167. The van der Waals surface area contributed by atoms with Crippen molar-refractivity contribution in [3.05, 3.63) is 96.1 Å². The molecular weight excluding hydrogens is 364 g/mol. The summed E-state index contributed by atoms with van der Waals surface area (Å²) in [6.07, 6.45) is -0.348. The van der Waals surface area contributed by atoms with Gasteiger partial charge in [0.15, 0.2) is 0 Å². The van der Waals surface area contributed by atoms with Gasteiger partial charge in [0.1, 0.15) is 5.75 Å². The minimum atomic E-state index is -0.348. The van der Waals surface area contributed by atoms with Crippen LogP contribution in [0.3, 0.4) is 0 Å². The first-order chi connectivity index (χ1) is 14.3. The molecule has 1 saturated heterocycles. The normalized spacial score (nSPS) is 13.6. The number of amides is 1. The summed E-state index contributed by atoms with van der Waals surface area (Å²) in [4.78, 5) is 18.7. The van der Waals surface area contributed by atoms with Crippen molar-refractivity contribution in [2.75, 3.05) is 26.3 Å². The molecule has 0 spiro atoms. The van der Waals surface area contributed by atoms with E-state index in [0.717, 1.165) is 22.5 Å². The van der Waals surface area contributed by atoms with Crippen molar-refractivity contribution < 1.29 is 14.3 Å². The van der Waals surface area contributed by atoms with Crippen LogP contribution in [0.5, 0.6) is 5.75 Å². The Labute approximate surface area is 170 Å². The van der Waals surface area contributed by atoms with Crippen molar-refractivity contribution in [2.45, 2.75) is 0 Å². The van der Waals surface area contributed by atoms with Crippen LogP contribution in [0.1, 0.15) is 11.1 Å². The van der Waals surface area contributed by atoms with Gasteiger partial charge in [0.25, 0.3) is 0 Å². The van der Waals surface area contributed by atoms with E-state index in [4.69, 9.17) is 14.5 Å². The first-order valence-corrected chi connectivity index (χ1v) is 9.64. The minimum absolute atomic E-state index is 0.348. The Morgan fingerprint density at radius 2 is 1.34 bits per heavy atom. The fourth-order valence-electron chi connectivity index (χ4n) is 3.12. The molecule has 5 nitrogen and oxygen atoms in total. The van der Waals surface area contributed by atoms with Crippen molar-refractivity contribution in [2.24, 2.45) is 4.99 Å². The molecule has 0 atom stereocenters. The molecule has 146 valence electrons. The van der Waals surface area contributed by atoms with Gasteiger partial charge in [-0.15, -0.1) is 0 Å². The molecular formula is C24H22N2O3. The molecule has 4 rings (SSSR count). The standard InChI is InChI=1S/C24H22N2O3/c27-24(26-15-17-28-18-16-26)29-22-13-11-21(12-14-22)25-23(19-7-3-1-4-8-19)20-9-5-2-6-10-20/h1-14H,15-18H2. The van der Waals surface area contributed by atoms with Crippen molar-refractivity contribution in [3.8, 4) is 5.75 Å². The van der Waals surface area contributed by atoms with E-state index >= 15 is 0 Å². The Bertz CT molecular complexity index is 923. The molecule has 1 fully saturated rings. The van der Waals surface area contributed by atoms with Crippen LogP contribution in [0.25, 0.3) is 0 Å². The lowest BCUT2D eigenvalue weighted by molar-refractivity contribution is 0.0416. The highest BCUT2D eigenvalue weighted by molar-refractivity contribution is 6.13. The number of benzene rings is 3. The van der Waals surface area contributed by atoms with Gasteiger partial charge in [-0.25, -0.2) is 9.79 Å². The summed E-state index contributed by atoms with van der Waals surface area (Å²) in [5.41, 5.74) is 3.77. The van der Waals surface area contributed by atoms with Crippen LogP contribution >= 0.6 is 0 Å². The van der Waals surface area contributed by atoms with E-state index in [-0.39, 0.29) is 6.09 Å². The second kappa shape index (κ2) is 9.17. The zero-order valence-corrected chi connectivity index (χ0v) is 16.0. The molecule has 1 aliphatic heterocycles. The lowest BCUT2D eigenvalue weighted by Crippen LogP contribution is -2.42. The monoisotopic (exact) mass is 386 g/mol. The Morgan fingerprint density at radius 1 is 0.793 bits per heavy atom. The number of aliphatic imine (C=N–C) groups is 1. The van der Waals surface area contributed by atoms with E-state index in [1.807, 2.05) is 72.8 Å². The quantitative estimate of drug-likeness (QED) is 0.612. The van der Waals surface area contributed by atoms with Crippen LogP contribution in [0, 0.1) is 0 Å². The van der Waals surface area contributed by atoms with Crippen molar-refractivity contribution in [1.82, 2.24) is 4.90 Å². The molecule has 0 bridgehead atoms. The van der Waals surface area contributed by atoms with Crippen molar-refractivity contribution in [1.29, 1.82) is 0 Å². The van der Waals surface area contributed by atoms with Gasteiger partial charge >= 0.3 is 6.09 Å². The molecule has 0 saturated carbocycles. The number of ether oxygens (including phenoxy) is 2. The lowest BCUT2D eigenvalue weighted by atomic mass is 10.0. The number of hydrogen-bond acceptors (Lipinski definition) is 4. The topological polar surface area (TPSA) is 51.1 Å². The van der Waals surface area contributed by atoms with Crippen LogP contribution < -0.4 is 4.74 Å². The third kappa shape index (κ3) is 4.89. The van der Waals surface area contributed by atoms with E-state index in [0.29, 0.717) is 32.1 Å². The van der Waals surface area contributed by atoms with Crippen molar-refractivity contribution in [3.63, 3.8) is 0 Å². The highest BCUT2D eigenvalue weighted by Crippen LogP contribution is 2.22. The van der Waals surface area contributed by atoms with Gasteiger partial charge in [-0.3, -0.25) is 0 Å². The highest BCUT2D eigenvalue weighted by Gasteiger charge is 2.18. The molecule has 3 aromatic carbocycles. The van der Waals surface area contributed by atoms with E-state index in [1.165, 1.54) is 0 Å². The smallest absolute Gasteiger partial charge is 0.410 e. The highest BCUT2D eigenvalue weighted by atomic mass is 16.6. The van der Waals surface area contributed by atoms with E-state index in [9.17, 15) is 4.79 Å². The van der Waals surface area contributed by atoms with Crippen LogP contribution in [0.4, 0.5) is 10.5 Å². The Morgan fingerprint density at radius 3 is 1.90 bits per heavy atom. The van der Waals surface area contributed by atoms with Gasteiger partial charge in [-0.2, -0.15) is 0 Å². The zero-order chi connectivity index (χ0) is 19.9. The molecule has 3 aromatic rings. The maximum atomic E-state index is 12.2. The van der Waals surface area contributed by atoms with Crippen molar-refractivity contribution >= 4 is 17.5 Å². The SMILES string of the molecule is O=C(Oc1ccc(N=C(c2ccccc2)c2ccccc2)cc1)N1CCOCC1. The second-order valence-electron chi connectivity index (χ2n) is 6.65. The van der Waals surface area contributed by atoms with E-state index < -0.39 is 0 Å². The van der Waals surface area contributed by atoms with E-state index in [2.05, 4.69) is 0 Å². The predicted octanol–water partition coefficient (Wildman–Crippen LogP) is 4.69. The third-order valence-electron chi connectivity index (χ3n) is 4.65.